The number of rotatable bonds is 5. The molecule has 1 fully saturated rings. The van der Waals surface area contributed by atoms with Gasteiger partial charge in [0.05, 0.1) is 12.8 Å². The van der Waals surface area contributed by atoms with Crippen LogP contribution in [-0.4, -0.2) is 25.0 Å². The molecule has 0 unspecified atom stereocenters. The zero-order valence-corrected chi connectivity index (χ0v) is 8.92. The normalized spacial score (nSPS) is 16.5. The van der Waals surface area contributed by atoms with Crippen LogP contribution in [0.25, 0.3) is 0 Å². The third kappa shape index (κ3) is 2.59. The lowest BCUT2D eigenvalue weighted by Gasteiger charge is -2.09. The molecule has 0 radical (unpaired) electrons. The second-order valence-corrected chi connectivity index (χ2v) is 4.26. The molecule has 3 heteroatoms. The minimum absolute atomic E-state index is 0.761. The Kier molecular flexibility index (Phi) is 2.89. The fourth-order valence-electron chi connectivity index (χ4n) is 1.49. The summed E-state index contributed by atoms with van der Waals surface area (Å²) >= 11 is 0. The van der Waals surface area contributed by atoms with E-state index in [1.807, 2.05) is 0 Å². The van der Waals surface area contributed by atoms with Crippen molar-refractivity contribution in [2.75, 3.05) is 14.1 Å². The van der Waals surface area contributed by atoms with Crippen molar-refractivity contribution in [1.29, 1.82) is 0 Å². The SMILES string of the molecule is CN(C)Cc1occc1CNC1CC1. The molecule has 0 aromatic carbocycles. The molecule has 78 valence electrons. The van der Waals surface area contributed by atoms with Crippen LogP contribution < -0.4 is 5.32 Å². The van der Waals surface area contributed by atoms with Gasteiger partial charge in [0, 0.05) is 18.2 Å². The molecule has 1 aliphatic carbocycles. The average Bonchev–Trinajstić information content (AvgIpc) is 2.85. The van der Waals surface area contributed by atoms with Crippen molar-refractivity contribution in [2.24, 2.45) is 0 Å². The molecule has 1 saturated carbocycles. The van der Waals surface area contributed by atoms with Gasteiger partial charge >= 0.3 is 0 Å². The van der Waals surface area contributed by atoms with E-state index in [0.29, 0.717) is 0 Å². The fourth-order valence-corrected chi connectivity index (χ4v) is 1.49. The van der Waals surface area contributed by atoms with E-state index in [9.17, 15) is 0 Å². The number of furan rings is 1. The molecule has 0 spiro atoms. The highest BCUT2D eigenvalue weighted by Gasteiger charge is 2.20. The summed E-state index contributed by atoms with van der Waals surface area (Å²) in [6.45, 7) is 1.83. The van der Waals surface area contributed by atoms with Crippen molar-refractivity contribution in [2.45, 2.75) is 32.0 Å². The Bertz CT molecular complexity index is 289. The molecule has 1 aromatic rings. The monoisotopic (exact) mass is 194 g/mol. The van der Waals surface area contributed by atoms with Crippen molar-refractivity contribution in [3.05, 3.63) is 23.7 Å². The summed E-state index contributed by atoms with van der Waals surface area (Å²) in [5.74, 6) is 1.09. The summed E-state index contributed by atoms with van der Waals surface area (Å²) in [4.78, 5) is 2.12. The van der Waals surface area contributed by atoms with Gasteiger partial charge in [-0.05, 0) is 33.0 Å². The van der Waals surface area contributed by atoms with E-state index >= 15 is 0 Å². The van der Waals surface area contributed by atoms with Crippen molar-refractivity contribution in [1.82, 2.24) is 10.2 Å². The lowest BCUT2D eigenvalue weighted by atomic mass is 10.2. The molecule has 0 bridgehead atoms. The summed E-state index contributed by atoms with van der Waals surface area (Å²) in [6, 6.07) is 2.82. The Labute approximate surface area is 85.1 Å². The molecule has 2 rings (SSSR count). The Balaban J connectivity index is 1.90. The molecule has 1 aromatic heterocycles. The van der Waals surface area contributed by atoms with E-state index in [-0.39, 0.29) is 0 Å². The smallest absolute Gasteiger partial charge is 0.122 e. The van der Waals surface area contributed by atoms with Gasteiger partial charge < -0.3 is 14.6 Å². The molecular formula is C11H18N2O. The van der Waals surface area contributed by atoms with E-state index in [1.54, 1.807) is 6.26 Å². The van der Waals surface area contributed by atoms with E-state index in [0.717, 1.165) is 24.9 Å². The van der Waals surface area contributed by atoms with Gasteiger partial charge in [-0.1, -0.05) is 0 Å². The molecule has 1 aliphatic rings. The fraction of sp³-hybridized carbons (Fsp3) is 0.636. The maximum Gasteiger partial charge on any atom is 0.122 e. The first kappa shape index (κ1) is 9.74. The predicted molar refractivity (Wildman–Crippen MR) is 56.0 cm³/mol. The van der Waals surface area contributed by atoms with E-state index < -0.39 is 0 Å². The Morgan fingerprint density at radius 1 is 1.50 bits per heavy atom. The quantitative estimate of drug-likeness (QED) is 0.771. The molecule has 1 heterocycles. The third-order valence-corrected chi connectivity index (χ3v) is 2.46. The summed E-state index contributed by atoms with van der Waals surface area (Å²) in [7, 11) is 4.11. The van der Waals surface area contributed by atoms with Gasteiger partial charge in [0.1, 0.15) is 5.76 Å². The molecule has 0 atom stereocenters. The van der Waals surface area contributed by atoms with E-state index in [1.165, 1.54) is 18.4 Å². The zero-order valence-electron chi connectivity index (χ0n) is 8.92. The van der Waals surface area contributed by atoms with Crippen molar-refractivity contribution in [3.8, 4) is 0 Å². The summed E-state index contributed by atoms with van der Waals surface area (Å²) in [5.41, 5.74) is 1.30. The predicted octanol–water partition coefficient (Wildman–Crippen LogP) is 1.59. The maximum atomic E-state index is 5.45. The van der Waals surface area contributed by atoms with E-state index in [4.69, 9.17) is 4.42 Å². The van der Waals surface area contributed by atoms with Gasteiger partial charge in [-0.3, -0.25) is 0 Å². The Morgan fingerprint density at radius 3 is 2.93 bits per heavy atom. The van der Waals surface area contributed by atoms with Crippen molar-refractivity contribution in [3.63, 3.8) is 0 Å². The molecular weight excluding hydrogens is 176 g/mol. The van der Waals surface area contributed by atoms with Crippen molar-refractivity contribution >= 4 is 0 Å². The molecule has 0 saturated heterocycles. The third-order valence-electron chi connectivity index (χ3n) is 2.46. The summed E-state index contributed by atoms with van der Waals surface area (Å²) in [5, 5.41) is 3.49. The number of hydrogen-bond donors (Lipinski definition) is 1. The number of hydrogen-bond acceptors (Lipinski definition) is 3. The van der Waals surface area contributed by atoms with Gasteiger partial charge in [0.15, 0.2) is 0 Å². The van der Waals surface area contributed by atoms with Crippen LogP contribution in [0.2, 0.25) is 0 Å². The Morgan fingerprint density at radius 2 is 2.29 bits per heavy atom. The van der Waals surface area contributed by atoms with E-state index in [2.05, 4.69) is 30.4 Å². The molecule has 3 nitrogen and oxygen atoms in total. The van der Waals surface area contributed by atoms with Gasteiger partial charge in [0.2, 0.25) is 0 Å². The highest BCUT2D eigenvalue weighted by atomic mass is 16.3. The van der Waals surface area contributed by atoms with Crippen LogP contribution in [0.3, 0.4) is 0 Å². The van der Waals surface area contributed by atoms with Crippen LogP contribution in [0.5, 0.6) is 0 Å². The minimum Gasteiger partial charge on any atom is -0.468 e. The standard InChI is InChI=1S/C11H18N2O/c1-13(2)8-11-9(5-6-14-11)7-12-10-3-4-10/h5-6,10,12H,3-4,7-8H2,1-2H3. The second kappa shape index (κ2) is 4.15. The second-order valence-electron chi connectivity index (χ2n) is 4.26. The molecule has 14 heavy (non-hydrogen) atoms. The van der Waals surface area contributed by atoms with Crippen molar-refractivity contribution < 1.29 is 4.42 Å². The van der Waals surface area contributed by atoms with Crippen LogP contribution in [0.1, 0.15) is 24.2 Å². The highest BCUT2D eigenvalue weighted by Crippen LogP contribution is 2.20. The first-order chi connectivity index (χ1) is 6.75. The summed E-state index contributed by atoms with van der Waals surface area (Å²) < 4.78 is 5.45. The maximum absolute atomic E-state index is 5.45. The topological polar surface area (TPSA) is 28.4 Å². The first-order valence-electron chi connectivity index (χ1n) is 5.19. The lowest BCUT2D eigenvalue weighted by Crippen LogP contribution is -2.17. The van der Waals surface area contributed by atoms with Crippen LogP contribution in [0.15, 0.2) is 16.7 Å². The Hall–Kier alpha value is -0.800. The molecule has 1 N–H and O–H groups in total. The van der Waals surface area contributed by atoms with Crippen LogP contribution >= 0.6 is 0 Å². The van der Waals surface area contributed by atoms with Gasteiger partial charge in [0.25, 0.3) is 0 Å². The first-order valence-corrected chi connectivity index (χ1v) is 5.19. The molecule has 0 amide bonds. The lowest BCUT2D eigenvalue weighted by molar-refractivity contribution is 0.347. The largest absolute Gasteiger partial charge is 0.468 e. The van der Waals surface area contributed by atoms with Crippen LogP contribution in [-0.2, 0) is 13.1 Å². The van der Waals surface area contributed by atoms with Gasteiger partial charge in [-0.15, -0.1) is 0 Å². The highest BCUT2D eigenvalue weighted by molar-refractivity contribution is 5.17. The minimum atomic E-state index is 0.761. The van der Waals surface area contributed by atoms with Gasteiger partial charge in [-0.2, -0.15) is 0 Å². The van der Waals surface area contributed by atoms with Gasteiger partial charge in [-0.25, -0.2) is 0 Å². The molecule has 0 aliphatic heterocycles. The van der Waals surface area contributed by atoms with Crippen LogP contribution in [0, 0.1) is 0 Å². The summed E-state index contributed by atoms with van der Waals surface area (Å²) in [6.07, 6.45) is 4.45. The average molecular weight is 194 g/mol. The zero-order chi connectivity index (χ0) is 9.97. The van der Waals surface area contributed by atoms with Crippen LogP contribution in [0.4, 0.5) is 0 Å². The number of nitrogens with zero attached hydrogens (tertiary/aromatic N) is 1. The number of nitrogens with one attached hydrogen (secondary N) is 1.